The number of rotatable bonds is 5. The van der Waals surface area contributed by atoms with Crippen LogP contribution in [0.5, 0.6) is 0 Å². The second-order valence-electron chi connectivity index (χ2n) is 5.49. The van der Waals surface area contributed by atoms with Gasteiger partial charge in [-0.15, -0.1) is 0 Å². The van der Waals surface area contributed by atoms with Crippen LogP contribution in [-0.2, 0) is 6.42 Å². The van der Waals surface area contributed by atoms with E-state index in [-0.39, 0.29) is 11.7 Å². The molecule has 0 radical (unpaired) electrons. The Morgan fingerprint density at radius 1 is 1.13 bits per heavy atom. The first-order valence-electron chi connectivity index (χ1n) is 7.55. The first-order chi connectivity index (χ1) is 11.2. The zero-order valence-electron chi connectivity index (χ0n) is 12.8. The highest BCUT2D eigenvalue weighted by Gasteiger charge is 2.16. The van der Waals surface area contributed by atoms with Crippen LogP contribution < -0.4 is 0 Å². The third kappa shape index (κ3) is 3.53. The normalized spacial score (nSPS) is 12.3. The Morgan fingerprint density at radius 2 is 1.91 bits per heavy atom. The standard InChI is InChI=1S/C19H17BrFNO/c1-13(19-12-16(9-10-20)22-23-19)15-7-8-17(18(21)11-15)14-5-3-2-4-6-14/h2-8,11-13H,9-10H2,1H3. The van der Waals surface area contributed by atoms with Crippen LogP contribution in [0.15, 0.2) is 59.1 Å². The van der Waals surface area contributed by atoms with Gasteiger partial charge in [-0.1, -0.05) is 70.5 Å². The maximum atomic E-state index is 14.5. The molecule has 118 valence electrons. The summed E-state index contributed by atoms with van der Waals surface area (Å²) < 4.78 is 19.9. The number of aromatic nitrogens is 1. The fourth-order valence-electron chi connectivity index (χ4n) is 2.56. The average Bonchev–Trinajstić information content (AvgIpc) is 3.04. The van der Waals surface area contributed by atoms with Crippen molar-refractivity contribution in [2.24, 2.45) is 0 Å². The summed E-state index contributed by atoms with van der Waals surface area (Å²) in [4.78, 5) is 0. The van der Waals surface area contributed by atoms with Crippen LogP contribution in [-0.4, -0.2) is 10.5 Å². The van der Waals surface area contributed by atoms with Gasteiger partial charge < -0.3 is 4.52 Å². The number of benzene rings is 2. The summed E-state index contributed by atoms with van der Waals surface area (Å²) in [6.45, 7) is 2.00. The van der Waals surface area contributed by atoms with Gasteiger partial charge in [0, 0.05) is 29.3 Å². The van der Waals surface area contributed by atoms with Crippen molar-refractivity contribution in [1.29, 1.82) is 0 Å². The largest absolute Gasteiger partial charge is 0.361 e. The second-order valence-corrected chi connectivity index (χ2v) is 6.28. The van der Waals surface area contributed by atoms with E-state index < -0.39 is 0 Å². The van der Waals surface area contributed by atoms with Crippen molar-refractivity contribution in [2.75, 3.05) is 5.33 Å². The summed E-state index contributed by atoms with van der Waals surface area (Å²) in [6, 6.07) is 16.8. The van der Waals surface area contributed by atoms with Gasteiger partial charge in [-0.25, -0.2) is 4.39 Å². The van der Waals surface area contributed by atoms with Crippen molar-refractivity contribution >= 4 is 15.9 Å². The first kappa shape index (κ1) is 15.9. The predicted octanol–water partition coefficient (Wildman–Crippen LogP) is 5.57. The minimum absolute atomic E-state index is 0.0362. The molecule has 0 saturated heterocycles. The van der Waals surface area contributed by atoms with Crippen LogP contribution in [0, 0.1) is 5.82 Å². The van der Waals surface area contributed by atoms with Crippen molar-refractivity contribution in [3.63, 3.8) is 0 Å². The maximum Gasteiger partial charge on any atom is 0.144 e. The number of hydrogen-bond donors (Lipinski definition) is 0. The highest BCUT2D eigenvalue weighted by Crippen LogP contribution is 2.29. The molecule has 0 amide bonds. The third-order valence-electron chi connectivity index (χ3n) is 3.93. The second kappa shape index (κ2) is 7.09. The van der Waals surface area contributed by atoms with Crippen molar-refractivity contribution < 1.29 is 8.91 Å². The van der Waals surface area contributed by atoms with Crippen molar-refractivity contribution in [3.8, 4) is 11.1 Å². The van der Waals surface area contributed by atoms with E-state index in [1.54, 1.807) is 6.07 Å². The number of aryl methyl sites for hydroxylation is 1. The smallest absolute Gasteiger partial charge is 0.144 e. The quantitative estimate of drug-likeness (QED) is 0.546. The van der Waals surface area contributed by atoms with Crippen molar-refractivity contribution in [2.45, 2.75) is 19.3 Å². The van der Waals surface area contributed by atoms with E-state index in [0.717, 1.165) is 34.3 Å². The van der Waals surface area contributed by atoms with E-state index in [1.165, 1.54) is 0 Å². The monoisotopic (exact) mass is 373 g/mol. The number of nitrogens with zero attached hydrogens (tertiary/aromatic N) is 1. The van der Waals surface area contributed by atoms with Crippen LogP contribution in [0.3, 0.4) is 0 Å². The Bertz CT molecular complexity index is 785. The molecule has 2 nitrogen and oxygen atoms in total. The summed E-state index contributed by atoms with van der Waals surface area (Å²) in [6.07, 6.45) is 0.817. The highest BCUT2D eigenvalue weighted by atomic mass is 79.9. The fraction of sp³-hybridized carbons (Fsp3) is 0.211. The molecule has 1 unspecified atom stereocenters. The Labute approximate surface area is 143 Å². The Hall–Kier alpha value is -1.94. The molecule has 4 heteroatoms. The Kier molecular flexibility index (Phi) is 4.91. The number of halogens is 2. The van der Waals surface area contributed by atoms with E-state index >= 15 is 0 Å². The van der Waals surface area contributed by atoms with Crippen LogP contribution in [0.25, 0.3) is 11.1 Å². The molecule has 3 rings (SSSR count). The van der Waals surface area contributed by atoms with E-state index in [9.17, 15) is 4.39 Å². The topological polar surface area (TPSA) is 26.0 Å². The molecule has 0 aliphatic carbocycles. The molecule has 1 heterocycles. The van der Waals surface area contributed by atoms with Gasteiger partial charge in [0.25, 0.3) is 0 Å². The maximum absolute atomic E-state index is 14.5. The molecule has 2 aromatic carbocycles. The minimum atomic E-state index is -0.222. The summed E-state index contributed by atoms with van der Waals surface area (Å²) in [5.41, 5.74) is 3.27. The molecule has 0 aliphatic heterocycles. The van der Waals surface area contributed by atoms with Crippen molar-refractivity contribution in [3.05, 3.63) is 77.4 Å². The number of hydrogen-bond acceptors (Lipinski definition) is 2. The molecule has 0 fully saturated rings. The Balaban J connectivity index is 1.87. The number of alkyl halides is 1. The minimum Gasteiger partial charge on any atom is -0.361 e. The molecule has 1 atom stereocenters. The zero-order valence-corrected chi connectivity index (χ0v) is 14.4. The van der Waals surface area contributed by atoms with Gasteiger partial charge in [-0.3, -0.25) is 0 Å². The molecular formula is C19H17BrFNO. The van der Waals surface area contributed by atoms with Gasteiger partial charge in [-0.2, -0.15) is 0 Å². The van der Waals surface area contributed by atoms with Gasteiger partial charge in [0.2, 0.25) is 0 Å². The lowest BCUT2D eigenvalue weighted by Crippen LogP contribution is -1.96. The molecule has 0 aliphatic rings. The highest BCUT2D eigenvalue weighted by molar-refractivity contribution is 9.09. The van der Waals surface area contributed by atoms with Crippen LogP contribution in [0.4, 0.5) is 4.39 Å². The van der Waals surface area contributed by atoms with Gasteiger partial charge in [-0.05, 0) is 17.2 Å². The molecule has 3 aromatic rings. The molecule has 0 N–H and O–H groups in total. The van der Waals surface area contributed by atoms with Crippen molar-refractivity contribution in [1.82, 2.24) is 5.16 Å². The first-order valence-corrected chi connectivity index (χ1v) is 8.67. The van der Waals surface area contributed by atoms with Gasteiger partial charge in [0.05, 0.1) is 5.69 Å². The fourth-order valence-corrected chi connectivity index (χ4v) is 2.97. The van der Waals surface area contributed by atoms with Crippen LogP contribution in [0.1, 0.15) is 29.9 Å². The summed E-state index contributed by atoms with van der Waals surface area (Å²) in [5, 5.41) is 4.88. The summed E-state index contributed by atoms with van der Waals surface area (Å²) in [7, 11) is 0. The van der Waals surface area contributed by atoms with E-state index in [2.05, 4.69) is 21.1 Å². The SMILES string of the molecule is CC(c1ccc(-c2ccccc2)c(F)c1)c1cc(CCBr)no1. The molecule has 0 bridgehead atoms. The average molecular weight is 374 g/mol. The lowest BCUT2D eigenvalue weighted by atomic mass is 9.95. The van der Waals surface area contributed by atoms with E-state index in [4.69, 9.17) is 4.52 Å². The molecule has 1 aromatic heterocycles. The summed E-state index contributed by atoms with van der Waals surface area (Å²) >= 11 is 3.39. The van der Waals surface area contributed by atoms with Gasteiger partial charge >= 0.3 is 0 Å². The zero-order chi connectivity index (χ0) is 16.2. The van der Waals surface area contributed by atoms with Gasteiger partial charge in [0.15, 0.2) is 0 Å². The van der Waals surface area contributed by atoms with E-state index in [1.807, 2.05) is 55.5 Å². The summed E-state index contributed by atoms with van der Waals surface area (Å²) in [5.74, 6) is 0.499. The van der Waals surface area contributed by atoms with Gasteiger partial charge in [0.1, 0.15) is 11.6 Å². The molecule has 0 saturated carbocycles. The third-order valence-corrected chi connectivity index (χ3v) is 4.33. The molecule has 0 spiro atoms. The lowest BCUT2D eigenvalue weighted by Gasteiger charge is -2.10. The Morgan fingerprint density at radius 3 is 2.61 bits per heavy atom. The molecular weight excluding hydrogens is 357 g/mol. The lowest BCUT2D eigenvalue weighted by molar-refractivity contribution is 0.370. The predicted molar refractivity (Wildman–Crippen MR) is 93.4 cm³/mol. The van der Waals surface area contributed by atoms with Crippen LogP contribution >= 0.6 is 15.9 Å². The van der Waals surface area contributed by atoms with E-state index in [0.29, 0.717) is 5.56 Å². The molecule has 23 heavy (non-hydrogen) atoms. The van der Waals surface area contributed by atoms with Crippen LogP contribution in [0.2, 0.25) is 0 Å².